The van der Waals surface area contributed by atoms with Crippen LogP contribution in [-0.4, -0.2) is 57.5 Å². The molecule has 0 atom stereocenters. The highest BCUT2D eigenvalue weighted by atomic mass is 16.5. The van der Waals surface area contributed by atoms with Crippen molar-refractivity contribution in [3.8, 4) is 5.75 Å². The number of nitrogens with one attached hydrogen (secondary N) is 1. The molecule has 0 saturated carbocycles. The first-order chi connectivity index (χ1) is 18.7. The van der Waals surface area contributed by atoms with Crippen LogP contribution in [0.25, 0.3) is 11.0 Å². The average molecular weight is 511 g/mol. The molecule has 0 aliphatic carbocycles. The van der Waals surface area contributed by atoms with Gasteiger partial charge in [0.1, 0.15) is 12.4 Å². The Kier molecular flexibility index (Phi) is 7.01. The molecule has 1 aromatic heterocycles. The highest BCUT2D eigenvalue weighted by Gasteiger charge is 2.31. The predicted molar refractivity (Wildman–Crippen MR) is 149 cm³/mol. The number of ether oxygens (including phenoxy) is 1. The topological polar surface area (TPSA) is 70.6 Å². The molecule has 2 saturated heterocycles. The van der Waals surface area contributed by atoms with Gasteiger partial charge in [-0.05, 0) is 56.0 Å². The number of carbonyl (C=O) groups is 1. The van der Waals surface area contributed by atoms with E-state index < -0.39 is 0 Å². The first-order valence-corrected chi connectivity index (χ1v) is 13.7. The number of fused-ring (bicyclic) bond motifs is 1. The Balaban J connectivity index is 1.04. The molecule has 3 heterocycles. The SMILES string of the molecule is O=C(c1ccccc1COc1ccccc1)N1CCC(N2CCC(n3c(=O)[nH]c4ccccc43)CC2)CC1. The van der Waals surface area contributed by atoms with Crippen LogP contribution in [0.3, 0.4) is 0 Å². The number of likely N-dealkylation sites (tertiary alicyclic amines) is 2. The van der Waals surface area contributed by atoms with E-state index in [0.717, 1.165) is 79.8 Å². The molecule has 196 valence electrons. The highest BCUT2D eigenvalue weighted by molar-refractivity contribution is 5.95. The van der Waals surface area contributed by atoms with E-state index >= 15 is 0 Å². The summed E-state index contributed by atoms with van der Waals surface area (Å²) in [5.41, 5.74) is 3.54. The fourth-order valence-electron chi connectivity index (χ4n) is 6.08. The van der Waals surface area contributed by atoms with Crippen LogP contribution in [0.1, 0.15) is 47.6 Å². The van der Waals surface area contributed by atoms with Gasteiger partial charge in [0.25, 0.3) is 5.91 Å². The van der Waals surface area contributed by atoms with Crippen molar-refractivity contribution < 1.29 is 9.53 Å². The third kappa shape index (κ3) is 4.98. The first kappa shape index (κ1) is 24.5. The Morgan fingerprint density at radius 3 is 2.24 bits per heavy atom. The molecule has 3 aromatic carbocycles. The molecule has 7 heteroatoms. The fraction of sp³-hybridized carbons (Fsp3) is 0.355. The lowest BCUT2D eigenvalue weighted by Crippen LogP contribution is -2.49. The van der Waals surface area contributed by atoms with E-state index in [1.165, 1.54) is 0 Å². The molecule has 4 aromatic rings. The molecule has 2 fully saturated rings. The standard InChI is InChI=1S/C31H34N4O3/c36-30(27-11-5-4-8-23(27)22-38-26-9-2-1-3-10-26)34-20-14-24(15-21-34)33-18-16-25(17-19-33)35-29-13-7-6-12-28(29)32-31(35)37/h1-13,24-25H,14-22H2,(H,32,37). The molecule has 6 rings (SSSR count). The fourth-order valence-corrected chi connectivity index (χ4v) is 6.08. The molecular formula is C31H34N4O3. The van der Waals surface area contributed by atoms with Crippen LogP contribution in [0.5, 0.6) is 5.75 Å². The summed E-state index contributed by atoms with van der Waals surface area (Å²) in [6.45, 7) is 3.86. The zero-order chi connectivity index (χ0) is 25.9. The zero-order valence-corrected chi connectivity index (χ0v) is 21.6. The van der Waals surface area contributed by atoms with Gasteiger partial charge in [0.05, 0.1) is 11.0 Å². The van der Waals surface area contributed by atoms with Crippen LogP contribution >= 0.6 is 0 Å². The summed E-state index contributed by atoms with van der Waals surface area (Å²) in [6.07, 6.45) is 3.89. The van der Waals surface area contributed by atoms with Crippen molar-refractivity contribution >= 4 is 16.9 Å². The van der Waals surface area contributed by atoms with E-state index in [2.05, 4.69) is 9.88 Å². The number of imidazole rings is 1. The van der Waals surface area contributed by atoms with Gasteiger partial charge < -0.3 is 19.5 Å². The summed E-state index contributed by atoms with van der Waals surface area (Å²) < 4.78 is 7.88. The number of nitrogens with zero attached hydrogens (tertiary/aromatic N) is 3. The number of rotatable bonds is 6. The summed E-state index contributed by atoms with van der Waals surface area (Å²) in [6, 6.07) is 26.1. The second kappa shape index (κ2) is 10.9. The normalized spacial score (nSPS) is 17.6. The van der Waals surface area contributed by atoms with Crippen LogP contribution < -0.4 is 10.4 Å². The number of benzene rings is 3. The molecule has 0 spiro atoms. The number of H-pyrrole nitrogens is 1. The van der Waals surface area contributed by atoms with Crippen molar-refractivity contribution in [3.63, 3.8) is 0 Å². The lowest BCUT2D eigenvalue weighted by atomic mass is 9.97. The average Bonchev–Trinajstić information content (AvgIpc) is 3.32. The molecule has 0 radical (unpaired) electrons. The van der Waals surface area contributed by atoms with Crippen LogP contribution in [0, 0.1) is 0 Å². The number of aromatic amines is 1. The number of para-hydroxylation sites is 3. The van der Waals surface area contributed by atoms with Crippen LogP contribution in [-0.2, 0) is 6.61 Å². The summed E-state index contributed by atoms with van der Waals surface area (Å²) >= 11 is 0. The minimum atomic E-state index is -0.00841. The van der Waals surface area contributed by atoms with Gasteiger partial charge >= 0.3 is 5.69 Å². The van der Waals surface area contributed by atoms with Crippen LogP contribution in [0.15, 0.2) is 83.7 Å². The number of aromatic nitrogens is 2. The Hall–Kier alpha value is -3.84. The number of amides is 1. The number of hydrogen-bond donors (Lipinski definition) is 1. The van der Waals surface area contributed by atoms with E-state index in [9.17, 15) is 9.59 Å². The van der Waals surface area contributed by atoms with Gasteiger partial charge in [0.15, 0.2) is 0 Å². The second-order valence-corrected chi connectivity index (χ2v) is 10.4. The van der Waals surface area contributed by atoms with Crippen molar-refractivity contribution in [2.75, 3.05) is 26.2 Å². The minimum absolute atomic E-state index is 0.00841. The lowest BCUT2D eigenvalue weighted by molar-refractivity contribution is 0.0556. The van der Waals surface area contributed by atoms with Gasteiger partial charge in [-0.25, -0.2) is 4.79 Å². The molecule has 2 aliphatic heterocycles. The summed E-state index contributed by atoms with van der Waals surface area (Å²) in [4.78, 5) is 33.6. The van der Waals surface area contributed by atoms with E-state index in [-0.39, 0.29) is 17.6 Å². The molecule has 2 aliphatic rings. The maximum Gasteiger partial charge on any atom is 0.326 e. The van der Waals surface area contributed by atoms with Gasteiger partial charge in [-0.2, -0.15) is 0 Å². The molecule has 0 unspecified atom stereocenters. The van der Waals surface area contributed by atoms with E-state index in [4.69, 9.17) is 4.74 Å². The highest BCUT2D eigenvalue weighted by Crippen LogP contribution is 2.29. The van der Waals surface area contributed by atoms with Crippen molar-refractivity contribution in [1.29, 1.82) is 0 Å². The van der Waals surface area contributed by atoms with Gasteiger partial charge in [-0.1, -0.05) is 48.5 Å². The number of piperidine rings is 2. The largest absolute Gasteiger partial charge is 0.489 e. The third-order valence-electron chi connectivity index (χ3n) is 8.14. The predicted octanol–water partition coefficient (Wildman–Crippen LogP) is 4.85. The second-order valence-electron chi connectivity index (χ2n) is 10.4. The van der Waals surface area contributed by atoms with E-state index in [1.54, 1.807) is 0 Å². The summed E-state index contributed by atoms with van der Waals surface area (Å²) in [7, 11) is 0. The van der Waals surface area contributed by atoms with Crippen molar-refractivity contribution in [3.05, 3.63) is 100 Å². The number of hydrogen-bond acceptors (Lipinski definition) is 4. The Labute approximate surface area is 222 Å². The van der Waals surface area contributed by atoms with Gasteiger partial charge in [-0.3, -0.25) is 9.36 Å². The van der Waals surface area contributed by atoms with Crippen molar-refractivity contribution in [2.24, 2.45) is 0 Å². The van der Waals surface area contributed by atoms with Crippen LogP contribution in [0.2, 0.25) is 0 Å². The summed E-state index contributed by atoms with van der Waals surface area (Å²) in [5, 5.41) is 0. The van der Waals surface area contributed by atoms with Crippen molar-refractivity contribution in [2.45, 2.75) is 44.4 Å². The Bertz CT molecular complexity index is 1440. The van der Waals surface area contributed by atoms with E-state index in [0.29, 0.717) is 12.6 Å². The maximum absolute atomic E-state index is 13.4. The monoisotopic (exact) mass is 510 g/mol. The minimum Gasteiger partial charge on any atom is -0.489 e. The van der Waals surface area contributed by atoms with E-state index in [1.807, 2.05) is 88.3 Å². The molecule has 1 N–H and O–H groups in total. The molecule has 7 nitrogen and oxygen atoms in total. The quantitative estimate of drug-likeness (QED) is 0.403. The Morgan fingerprint density at radius 1 is 0.789 bits per heavy atom. The van der Waals surface area contributed by atoms with Gasteiger partial charge in [-0.15, -0.1) is 0 Å². The molecular weight excluding hydrogens is 476 g/mol. The van der Waals surface area contributed by atoms with Gasteiger partial charge in [0, 0.05) is 49.4 Å². The van der Waals surface area contributed by atoms with Gasteiger partial charge in [0.2, 0.25) is 0 Å². The molecule has 1 amide bonds. The smallest absolute Gasteiger partial charge is 0.326 e. The zero-order valence-electron chi connectivity index (χ0n) is 21.6. The molecule has 0 bridgehead atoms. The van der Waals surface area contributed by atoms with Crippen LogP contribution in [0.4, 0.5) is 0 Å². The number of carbonyl (C=O) groups excluding carboxylic acids is 1. The maximum atomic E-state index is 13.4. The van der Waals surface area contributed by atoms with Crippen molar-refractivity contribution in [1.82, 2.24) is 19.4 Å². The molecule has 38 heavy (non-hydrogen) atoms. The summed E-state index contributed by atoms with van der Waals surface area (Å²) in [5.74, 6) is 0.891. The Morgan fingerprint density at radius 2 is 1.45 bits per heavy atom. The lowest BCUT2D eigenvalue weighted by Gasteiger charge is -2.42. The first-order valence-electron chi connectivity index (χ1n) is 13.7. The third-order valence-corrected chi connectivity index (χ3v) is 8.14.